The Bertz CT molecular complexity index is 881. The third-order valence-electron chi connectivity index (χ3n) is 5.68. The highest BCUT2D eigenvalue weighted by Gasteiger charge is 2.31. The molecule has 0 aromatic heterocycles. The minimum Gasteiger partial charge on any atom is -0.277 e. The number of thiocarbonyl (C=S) groups is 2. The van der Waals surface area contributed by atoms with Crippen molar-refractivity contribution in [2.24, 2.45) is 11.8 Å². The van der Waals surface area contributed by atoms with Crippen LogP contribution in [0.15, 0.2) is 60.7 Å². The highest BCUT2D eigenvalue weighted by Crippen LogP contribution is 2.29. The summed E-state index contributed by atoms with van der Waals surface area (Å²) < 4.78 is 0. The second-order valence-electron chi connectivity index (χ2n) is 7.96. The van der Waals surface area contributed by atoms with Gasteiger partial charge in [-0.3, -0.25) is 30.5 Å². The molecule has 1 aliphatic carbocycles. The van der Waals surface area contributed by atoms with Crippen LogP contribution >= 0.6 is 24.4 Å². The smallest absolute Gasteiger partial charge is 0.241 e. The molecule has 1 saturated carbocycles. The van der Waals surface area contributed by atoms with Gasteiger partial charge in [-0.15, -0.1) is 0 Å². The van der Waals surface area contributed by atoms with Crippen LogP contribution in [-0.2, 0) is 9.59 Å². The molecule has 0 atom stereocenters. The molecule has 1 aliphatic rings. The minimum atomic E-state index is -0.136. The summed E-state index contributed by atoms with van der Waals surface area (Å²) in [4.78, 5) is 26.5. The SMILES string of the molecule is CN(NC(=O)C1CCC(C(=O)NN(C)C(=S)c2ccccc2)CC1)C(=S)c1ccccc1. The number of rotatable bonds is 4. The maximum atomic E-state index is 12.7. The van der Waals surface area contributed by atoms with Crippen molar-refractivity contribution in [2.75, 3.05) is 14.1 Å². The number of amides is 2. The van der Waals surface area contributed by atoms with E-state index in [1.54, 1.807) is 24.1 Å². The van der Waals surface area contributed by atoms with E-state index in [0.717, 1.165) is 11.1 Å². The van der Waals surface area contributed by atoms with E-state index >= 15 is 0 Å². The van der Waals surface area contributed by atoms with Crippen LogP contribution in [0.1, 0.15) is 36.8 Å². The lowest BCUT2D eigenvalue weighted by Crippen LogP contribution is -2.48. The van der Waals surface area contributed by atoms with E-state index < -0.39 is 0 Å². The normalized spacial score (nSPS) is 17.7. The van der Waals surface area contributed by atoms with Crippen molar-refractivity contribution in [2.45, 2.75) is 25.7 Å². The van der Waals surface area contributed by atoms with E-state index in [9.17, 15) is 9.59 Å². The summed E-state index contributed by atoms with van der Waals surface area (Å²) in [7, 11) is 3.50. The molecular formula is C24H28N4O2S2. The van der Waals surface area contributed by atoms with Crippen LogP contribution in [0.25, 0.3) is 0 Å². The van der Waals surface area contributed by atoms with Crippen molar-refractivity contribution in [1.82, 2.24) is 20.9 Å². The van der Waals surface area contributed by atoms with Gasteiger partial charge in [-0.2, -0.15) is 0 Å². The van der Waals surface area contributed by atoms with E-state index in [0.29, 0.717) is 35.7 Å². The zero-order chi connectivity index (χ0) is 23.1. The van der Waals surface area contributed by atoms with Crippen LogP contribution < -0.4 is 10.9 Å². The van der Waals surface area contributed by atoms with E-state index in [1.165, 1.54) is 0 Å². The molecule has 2 amide bonds. The fourth-order valence-corrected chi connectivity index (χ4v) is 4.14. The molecule has 0 heterocycles. The summed E-state index contributed by atoms with van der Waals surface area (Å²) in [5, 5.41) is 3.18. The number of carbonyl (C=O) groups excluding carboxylic acids is 2. The molecule has 0 bridgehead atoms. The molecule has 0 spiro atoms. The van der Waals surface area contributed by atoms with Crippen molar-refractivity contribution >= 4 is 46.2 Å². The first kappa shape index (κ1) is 23.8. The number of carbonyl (C=O) groups is 2. The van der Waals surface area contributed by atoms with Gasteiger partial charge in [0.05, 0.1) is 0 Å². The van der Waals surface area contributed by atoms with Gasteiger partial charge < -0.3 is 0 Å². The lowest BCUT2D eigenvalue weighted by atomic mass is 9.81. The molecular weight excluding hydrogens is 440 g/mol. The molecule has 1 fully saturated rings. The first-order valence-electron chi connectivity index (χ1n) is 10.6. The van der Waals surface area contributed by atoms with Gasteiger partial charge in [0.25, 0.3) is 0 Å². The van der Waals surface area contributed by atoms with Gasteiger partial charge in [-0.05, 0) is 25.7 Å². The van der Waals surface area contributed by atoms with Gasteiger partial charge in [0.1, 0.15) is 9.98 Å². The third-order valence-corrected chi connectivity index (χ3v) is 6.69. The number of nitrogens with one attached hydrogen (secondary N) is 2. The molecule has 2 aromatic carbocycles. The predicted octanol–water partition coefficient (Wildman–Crippen LogP) is 3.47. The van der Waals surface area contributed by atoms with Gasteiger partial charge in [0, 0.05) is 37.1 Å². The van der Waals surface area contributed by atoms with Crippen LogP contribution in [0.5, 0.6) is 0 Å². The Morgan fingerprint density at radius 3 is 1.31 bits per heavy atom. The Morgan fingerprint density at radius 1 is 0.688 bits per heavy atom. The second kappa shape index (κ2) is 11.2. The Morgan fingerprint density at radius 2 is 1.00 bits per heavy atom. The summed E-state index contributed by atoms with van der Waals surface area (Å²) in [5.74, 6) is -0.398. The molecule has 6 nitrogen and oxygen atoms in total. The van der Waals surface area contributed by atoms with Crippen molar-refractivity contribution < 1.29 is 9.59 Å². The Balaban J connectivity index is 1.45. The van der Waals surface area contributed by atoms with Gasteiger partial charge in [0.2, 0.25) is 11.8 Å². The standard InChI is InChI=1S/C24H28N4O2S2/c1-27(23(31)19-9-5-3-6-10-19)25-21(29)17-13-15-18(16-14-17)22(30)26-28(2)24(32)20-11-7-4-8-12-20/h3-12,17-18H,13-16H2,1-2H3,(H,25,29)(H,26,30). The summed E-state index contributed by atoms with van der Waals surface area (Å²) in [6.07, 6.45) is 2.62. The highest BCUT2D eigenvalue weighted by atomic mass is 32.1. The lowest BCUT2D eigenvalue weighted by Gasteiger charge is -2.30. The zero-order valence-corrected chi connectivity index (χ0v) is 19.9. The van der Waals surface area contributed by atoms with Crippen molar-refractivity contribution in [3.8, 4) is 0 Å². The number of hydrogen-bond acceptors (Lipinski definition) is 4. The first-order valence-corrected chi connectivity index (χ1v) is 11.5. The average molecular weight is 469 g/mol. The van der Waals surface area contributed by atoms with Gasteiger partial charge in [0.15, 0.2) is 0 Å². The van der Waals surface area contributed by atoms with E-state index in [2.05, 4.69) is 10.9 Å². The number of hydrogen-bond donors (Lipinski definition) is 2. The minimum absolute atomic E-state index is 0.0630. The van der Waals surface area contributed by atoms with Crippen LogP contribution in [-0.4, -0.2) is 45.9 Å². The van der Waals surface area contributed by atoms with Crippen molar-refractivity contribution in [3.05, 3.63) is 71.8 Å². The molecule has 0 saturated heterocycles. The maximum absolute atomic E-state index is 12.7. The van der Waals surface area contributed by atoms with Crippen molar-refractivity contribution in [3.63, 3.8) is 0 Å². The fourth-order valence-electron chi connectivity index (χ4n) is 3.78. The Kier molecular flexibility index (Phi) is 8.30. The van der Waals surface area contributed by atoms with Gasteiger partial charge >= 0.3 is 0 Å². The molecule has 32 heavy (non-hydrogen) atoms. The van der Waals surface area contributed by atoms with Crippen molar-refractivity contribution in [1.29, 1.82) is 0 Å². The Labute approximate surface area is 199 Å². The average Bonchev–Trinajstić information content (AvgIpc) is 2.84. The molecule has 3 rings (SSSR count). The van der Waals surface area contributed by atoms with Crippen LogP contribution in [0, 0.1) is 11.8 Å². The monoisotopic (exact) mass is 468 g/mol. The fraction of sp³-hybridized carbons (Fsp3) is 0.333. The van der Waals surface area contributed by atoms with E-state index in [1.807, 2.05) is 60.7 Å². The quantitative estimate of drug-likeness (QED) is 0.529. The van der Waals surface area contributed by atoms with Gasteiger partial charge in [-0.1, -0.05) is 85.1 Å². The Hall–Kier alpha value is -2.84. The second-order valence-corrected chi connectivity index (χ2v) is 8.73. The molecule has 0 unspecified atom stereocenters. The topological polar surface area (TPSA) is 64.7 Å². The molecule has 0 aliphatic heterocycles. The number of nitrogens with zero attached hydrogens (tertiary/aromatic N) is 2. The summed E-state index contributed by atoms with van der Waals surface area (Å²) >= 11 is 10.9. The molecule has 2 N–H and O–H groups in total. The zero-order valence-electron chi connectivity index (χ0n) is 18.3. The lowest BCUT2D eigenvalue weighted by molar-refractivity contribution is -0.133. The molecule has 168 valence electrons. The third kappa shape index (κ3) is 6.11. The van der Waals surface area contributed by atoms with Crippen LogP contribution in [0.3, 0.4) is 0 Å². The molecule has 2 aromatic rings. The van der Waals surface area contributed by atoms with Crippen LogP contribution in [0.2, 0.25) is 0 Å². The van der Waals surface area contributed by atoms with Crippen LogP contribution in [0.4, 0.5) is 0 Å². The van der Waals surface area contributed by atoms with Gasteiger partial charge in [-0.25, -0.2) is 0 Å². The predicted molar refractivity (Wildman–Crippen MR) is 134 cm³/mol. The van der Waals surface area contributed by atoms with E-state index in [-0.39, 0.29) is 23.7 Å². The molecule has 8 heteroatoms. The summed E-state index contributed by atoms with van der Waals surface area (Å²) in [6, 6.07) is 19.1. The first-order chi connectivity index (χ1) is 15.4. The number of hydrazine groups is 2. The van der Waals surface area contributed by atoms with E-state index in [4.69, 9.17) is 24.4 Å². The largest absolute Gasteiger partial charge is 0.277 e. The number of benzene rings is 2. The molecule has 0 radical (unpaired) electrons. The highest BCUT2D eigenvalue weighted by molar-refractivity contribution is 7.80. The summed E-state index contributed by atoms with van der Waals surface area (Å²) in [5.41, 5.74) is 7.53. The maximum Gasteiger partial charge on any atom is 0.241 e. The summed E-state index contributed by atoms with van der Waals surface area (Å²) in [6.45, 7) is 0.